The molecule has 1 aromatic heterocycles. The van der Waals surface area contributed by atoms with Crippen molar-refractivity contribution in [2.75, 3.05) is 44.7 Å². The Labute approximate surface area is 200 Å². The van der Waals surface area contributed by atoms with Crippen molar-refractivity contribution in [3.8, 4) is 5.88 Å². The van der Waals surface area contributed by atoms with Crippen molar-refractivity contribution >= 4 is 23.6 Å². The molecule has 0 saturated carbocycles. The van der Waals surface area contributed by atoms with Crippen LogP contribution in [0.2, 0.25) is 5.02 Å². The van der Waals surface area contributed by atoms with Gasteiger partial charge in [0.1, 0.15) is 0 Å². The summed E-state index contributed by atoms with van der Waals surface area (Å²) in [5.41, 5.74) is 1.22. The number of ether oxygens (including phenoxy) is 1. The second-order valence-corrected chi connectivity index (χ2v) is 9.34. The Morgan fingerprint density at radius 2 is 1.94 bits per heavy atom. The zero-order valence-corrected chi connectivity index (χ0v) is 19.8. The second-order valence-electron chi connectivity index (χ2n) is 8.90. The van der Waals surface area contributed by atoms with Gasteiger partial charge in [0, 0.05) is 49.5 Å². The second kappa shape index (κ2) is 11.0. The first kappa shape index (κ1) is 23.6. The summed E-state index contributed by atoms with van der Waals surface area (Å²) in [7, 11) is 1.59. The molecule has 4 rings (SSSR count). The minimum Gasteiger partial charge on any atom is -0.481 e. The summed E-state index contributed by atoms with van der Waals surface area (Å²) in [6.07, 6.45) is 4.46. The summed E-state index contributed by atoms with van der Waals surface area (Å²) in [4.78, 5) is 27.1. The van der Waals surface area contributed by atoms with E-state index in [0.717, 1.165) is 63.4 Å². The number of carboxylic acid groups (broad SMARTS) is 1. The van der Waals surface area contributed by atoms with E-state index in [1.54, 1.807) is 24.3 Å². The number of rotatable bonds is 7. The molecule has 1 aromatic carbocycles. The van der Waals surface area contributed by atoms with Crippen molar-refractivity contribution in [3.05, 3.63) is 47.1 Å². The molecular weight excluding hydrogens is 442 g/mol. The fourth-order valence-electron chi connectivity index (χ4n) is 4.86. The highest BCUT2D eigenvalue weighted by atomic mass is 35.5. The third-order valence-corrected chi connectivity index (χ3v) is 6.95. The highest BCUT2D eigenvalue weighted by molar-refractivity contribution is 6.30. The minimum atomic E-state index is -0.813. The Balaban J connectivity index is 1.27. The molecule has 0 aliphatic carbocycles. The highest BCUT2D eigenvalue weighted by Gasteiger charge is 2.31. The number of piperidine rings is 2. The van der Waals surface area contributed by atoms with Gasteiger partial charge in [0.2, 0.25) is 11.8 Å². The number of nitrogens with zero attached hydrogens (tertiary/aromatic N) is 5. The largest absolute Gasteiger partial charge is 0.481 e. The van der Waals surface area contributed by atoms with E-state index in [2.05, 4.69) is 25.8 Å². The van der Waals surface area contributed by atoms with Crippen LogP contribution in [-0.2, 0) is 6.54 Å². The van der Waals surface area contributed by atoms with Gasteiger partial charge in [-0.15, -0.1) is 0 Å². The molecular formula is C24H32ClN5O3. The predicted molar refractivity (Wildman–Crippen MR) is 128 cm³/mol. The number of hydrogen-bond acceptors (Lipinski definition) is 6. The van der Waals surface area contributed by atoms with E-state index in [9.17, 15) is 9.90 Å². The lowest BCUT2D eigenvalue weighted by molar-refractivity contribution is 0.0878. The van der Waals surface area contributed by atoms with Gasteiger partial charge in [-0.3, -0.25) is 4.90 Å². The molecule has 9 heteroatoms. The van der Waals surface area contributed by atoms with Gasteiger partial charge >= 0.3 is 6.09 Å². The van der Waals surface area contributed by atoms with Gasteiger partial charge in [0.15, 0.2) is 0 Å². The zero-order chi connectivity index (χ0) is 23.2. The van der Waals surface area contributed by atoms with E-state index in [0.29, 0.717) is 24.3 Å². The Morgan fingerprint density at radius 3 is 2.61 bits per heavy atom. The van der Waals surface area contributed by atoms with Gasteiger partial charge in [-0.2, -0.15) is 4.98 Å². The number of halogens is 1. The molecule has 2 aliphatic heterocycles. The molecule has 3 heterocycles. The maximum Gasteiger partial charge on any atom is 0.407 e. The molecule has 1 N–H and O–H groups in total. The molecule has 2 saturated heterocycles. The highest BCUT2D eigenvalue weighted by Crippen LogP contribution is 2.26. The van der Waals surface area contributed by atoms with Crippen LogP contribution in [0, 0.1) is 5.92 Å². The number of hydrogen-bond donors (Lipinski definition) is 1. The fraction of sp³-hybridized carbons (Fsp3) is 0.542. The molecule has 33 heavy (non-hydrogen) atoms. The van der Waals surface area contributed by atoms with Crippen LogP contribution in [0.25, 0.3) is 0 Å². The number of anilines is 1. The van der Waals surface area contributed by atoms with Crippen LogP contribution in [-0.4, -0.2) is 76.8 Å². The fourth-order valence-corrected chi connectivity index (χ4v) is 5.07. The van der Waals surface area contributed by atoms with Crippen LogP contribution < -0.4 is 9.64 Å². The average Bonchev–Trinajstić information content (AvgIpc) is 2.83. The number of aromatic nitrogens is 2. The first-order valence-corrected chi connectivity index (χ1v) is 12.0. The van der Waals surface area contributed by atoms with Crippen LogP contribution >= 0.6 is 11.6 Å². The lowest BCUT2D eigenvalue weighted by atomic mass is 9.94. The number of carbonyl (C=O) groups is 1. The quantitative estimate of drug-likeness (QED) is 0.650. The van der Waals surface area contributed by atoms with E-state index in [1.165, 1.54) is 5.56 Å². The molecule has 2 aliphatic rings. The molecule has 8 nitrogen and oxygen atoms in total. The zero-order valence-electron chi connectivity index (χ0n) is 19.1. The van der Waals surface area contributed by atoms with Gasteiger partial charge in [0.05, 0.1) is 7.11 Å². The lowest BCUT2D eigenvalue weighted by Gasteiger charge is -2.40. The third-order valence-electron chi connectivity index (χ3n) is 6.72. The first-order chi connectivity index (χ1) is 16.0. The van der Waals surface area contributed by atoms with E-state index in [-0.39, 0.29) is 6.04 Å². The number of methoxy groups -OCH3 is 1. The van der Waals surface area contributed by atoms with E-state index < -0.39 is 6.09 Å². The maximum atomic E-state index is 12.1. The summed E-state index contributed by atoms with van der Waals surface area (Å²) in [6, 6.07) is 9.76. The summed E-state index contributed by atoms with van der Waals surface area (Å²) in [5.74, 6) is 1.58. The van der Waals surface area contributed by atoms with Crippen molar-refractivity contribution < 1.29 is 14.6 Å². The SMILES string of the molecule is COc1ccnc(N2CCC(N(CC3CCN(Cc4cccc(Cl)c4)CC3)C(=O)O)CC2)n1. The summed E-state index contributed by atoms with van der Waals surface area (Å²) in [5, 5.41) is 10.7. The van der Waals surface area contributed by atoms with Gasteiger partial charge < -0.3 is 19.6 Å². The predicted octanol–water partition coefficient (Wildman–Crippen LogP) is 4.00. The molecule has 2 aromatic rings. The van der Waals surface area contributed by atoms with Gasteiger partial charge in [-0.05, 0) is 62.4 Å². The van der Waals surface area contributed by atoms with Crippen LogP contribution in [0.3, 0.4) is 0 Å². The van der Waals surface area contributed by atoms with E-state index >= 15 is 0 Å². The monoisotopic (exact) mass is 473 g/mol. The van der Waals surface area contributed by atoms with Gasteiger partial charge in [-0.1, -0.05) is 23.7 Å². The van der Waals surface area contributed by atoms with Gasteiger partial charge in [-0.25, -0.2) is 9.78 Å². The molecule has 0 unspecified atom stereocenters. The molecule has 0 radical (unpaired) electrons. The van der Waals surface area contributed by atoms with Crippen LogP contribution in [0.5, 0.6) is 5.88 Å². The normalized spacial score (nSPS) is 18.3. The maximum absolute atomic E-state index is 12.1. The number of likely N-dealkylation sites (tertiary alicyclic amines) is 1. The Bertz CT molecular complexity index is 930. The van der Waals surface area contributed by atoms with Gasteiger partial charge in [0.25, 0.3) is 0 Å². The smallest absolute Gasteiger partial charge is 0.407 e. The molecule has 0 spiro atoms. The molecule has 0 bridgehead atoms. The van der Waals surface area contributed by atoms with Crippen molar-refractivity contribution in [3.63, 3.8) is 0 Å². The molecule has 2 fully saturated rings. The Hall–Kier alpha value is -2.58. The van der Waals surface area contributed by atoms with E-state index in [4.69, 9.17) is 16.3 Å². The Kier molecular flexibility index (Phi) is 7.88. The van der Waals surface area contributed by atoms with E-state index in [1.807, 2.05) is 18.2 Å². The topological polar surface area (TPSA) is 82.0 Å². The Morgan fingerprint density at radius 1 is 1.18 bits per heavy atom. The molecule has 178 valence electrons. The minimum absolute atomic E-state index is 0.0360. The van der Waals surface area contributed by atoms with Crippen molar-refractivity contribution in [2.45, 2.75) is 38.3 Å². The van der Waals surface area contributed by atoms with Crippen LogP contribution in [0.4, 0.5) is 10.7 Å². The van der Waals surface area contributed by atoms with Crippen LogP contribution in [0.1, 0.15) is 31.2 Å². The lowest BCUT2D eigenvalue weighted by Crippen LogP contribution is -2.50. The molecule has 0 atom stereocenters. The van der Waals surface area contributed by atoms with Crippen molar-refractivity contribution in [1.82, 2.24) is 19.8 Å². The summed E-state index contributed by atoms with van der Waals surface area (Å²) in [6.45, 7) is 4.94. The first-order valence-electron chi connectivity index (χ1n) is 11.6. The standard InChI is InChI=1S/C24H32ClN5O3/c1-33-22-5-10-26-23(27-22)29-13-8-21(9-14-29)30(24(31)32)17-18-6-11-28(12-7-18)16-19-3-2-4-20(25)15-19/h2-5,10,15,18,21H,6-9,11-14,16-17H2,1H3,(H,31,32). The molecule has 1 amide bonds. The third kappa shape index (κ3) is 6.26. The summed E-state index contributed by atoms with van der Waals surface area (Å²) < 4.78 is 5.19. The average molecular weight is 474 g/mol. The summed E-state index contributed by atoms with van der Waals surface area (Å²) >= 11 is 6.11. The van der Waals surface area contributed by atoms with Crippen molar-refractivity contribution in [1.29, 1.82) is 0 Å². The van der Waals surface area contributed by atoms with Crippen molar-refractivity contribution in [2.24, 2.45) is 5.92 Å². The number of benzene rings is 1. The van der Waals surface area contributed by atoms with Crippen LogP contribution in [0.15, 0.2) is 36.5 Å². The number of amides is 1.